The predicted octanol–water partition coefficient (Wildman–Crippen LogP) is 9.93. The lowest BCUT2D eigenvalue weighted by molar-refractivity contribution is -0.128. The summed E-state index contributed by atoms with van der Waals surface area (Å²) < 4.78 is 13.9. The van der Waals surface area contributed by atoms with Crippen LogP contribution in [0.15, 0.2) is 103 Å². The van der Waals surface area contributed by atoms with Crippen LogP contribution in [0.25, 0.3) is 0 Å². The first-order valence-corrected chi connectivity index (χ1v) is 19.2. The van der Waals surface area contributed by atoms with Gasteiger partial charge in [0.05, 0.1) is 5.76 Å². The first-order chi connectivity index (χ1) is 20.5. The molecule has 4 heteroatoms. The highest BCUT2D eigenvalue weighted by Gasteiger charge is 2.45. The van der Waals surface area contributed by atoms with Gasteiger partial charge in [-0.05, 0) is 77.9 Å². The SMILES string of the molecule is C[C@@H](CCOC(c1ccccc1)(c1ccccc1)c1ccccc1)[C@H]1CCC(=O)[C@@H]2CCC(O[Si](C)(C)C(C)(C)C)=C[C@H]12. The largest absolute Gasteiger partial charge is 0.547 e. The summed E-state index contributed by atoms with van der Waals surface area (Å²) in [5, 5.41) is 0.153. The molecule has 5 rings (SSSR count). The molecule has 0 N–H and O–H groups in total. The Morgan fingerprint density at radius 1 is 0.791 bits per heavy atom. The molecule has 3 aromatic rings. The smallest absolute Gasteiger partial charge is 0.250 e. The van der Waals surface area contributed by atoms with E-state index in [9.17, 15) is 4.79 Å². The molecule has 3 aromatic carbocycles. The Morgan fingerprint density at radius 3 is 1.79 bits per heavy atom. The fraction of sp³-hybridized carbons (Fsp3) is 0.462. The number of ether oxygens (including phenoxy) is 1. The van der Waals surface area contributed by atoms with Gasteiger partial charge in [0.2, 0.25) is 8.32 Å². The van der Waals surface area contributed by atoms with E-state index in [1.807, 2.05) is 0 Å². The van der Waals surface area contributed by atoms with E-state index in [1.165, 1.54) is 0 Å². The molecule has 0 saturated heterocycles. The lowest BCUT2D eigenvalue weighted by Crippen LogP contribution is -2.43. The highest BCUT2D eigenvalue weighted by molar-refractivity contribution is 6.74. The Balaban J connectivity index is 1.39. The van der Waals surface area contributed by atoms with Crippen LogP contribution < -0.4 is 0 Å². The van der Waals surface area contributed by atoms with Crippen molar-refractivity contribution in [3.05, 3.63) is 120 Å². The van der Waals surface area contributed by atoms with Gasteiger partial charge >= 0.3 is 0 Å². The Kier molecular flexibility index (Phi) is 9.48. The van der Waals surface area contributed by atoms with E-state index in [4.69, 9.17) is 9.16 Å². The number of ketones is 1. The maximum Gasteiger partial charge on any atom is 0.250 e. The highest BCUT2D eigenvalue weighted by Crippen LogP contribution is 2.47. The molecule has 2 aliphatic carbocycles. The molecule has 4 atom stereocenters. The third-order valence-electron chi connectivity index (χ3n) is 10.5. The molecule has 2 aliphatic rings. The van der Waals surface area contributed by atoms with E-state index in [1.54, 1.807) is 0 Å². The van der Waals surface area contributed by atoms with Gasteiger partial charge in [-0.2, -0.15) is 0 Å². The van der Waals surface area contributed by atoms with Crippen LogP contribution >= 0.6 is 0 Å². The summed E-state index contributed by atoms with van der Waals surface area (Å²) in [6.07, 6.45) is 6.76. The van der Waals surface area contributed by atoms with Crippen molar-refractivity contribution < 1.29 is 14.0 Å². The van der Waals surface area contributed by atoms with Crippen molar-refractivity contribution in [2.45, 2.75) is 83.5 Å². The minimum atomic E-state index is -1.93. The molecule has 1 saturated carbocycles. The molecule has 0 amide bonds. The molecular formula is C39H50O3Si. The molecule has 0 aromatic heterocycles. The van der Waals surface area contributed by atoms with Gasteiger partial charge in [0.15, 0.2) is 0 Å². The van der Waals surface area contributed by atoms with Crippen LogP contribution in [-0.2, 0) is 19.6 Å². The van der Waals surface area contributed by atoms with Crippen LogP contribution in [0.3, 0.4) is 0 Å². The number of benzene rings is 3. The molecular weight excluding hydrogens is 545 g/mol. The van der Waals surface area contributed by atoms with Gasteiger partial charge in [-0.15, -0.1) is 0 Å². The van der Waals surface area contributed by atoms with Crippen LogP contribution in [0.5, 0.6) is 0 Å². The van der Waals surface area contributed by atoms with Crippen LogP contribution in [0.1, 0.15) is 76.5 Å². The number of rotatable bonds is 10. The third-order valence-corrected chi connectivity index (χ3v) is 14.9. The van der Waals surface area contributed by atoms with Crippen LogP contribution in [0.2, 0.25) is 18.1 Å². The minimum Gasteiger partial charge on any atom is -0.547 e. The maximum atomic E-state index is 13.1. The highest BCUT2D eigenvalue weighted by atomic mass is 28.4. The average Bonchev–Trinajstić information content (AvgIpc) is 3.00. The number of hydrogen-bond acceptors (Lipinski definition) is 3. The second-order valence-corrected chi connectivity index (χ2v) is 19.0. The first kappa shape index (κ1) is 31.5. The molecule has 0 heterocycles. The molecule has 43 heavy (non-hydrogen) atoms. The van der Waals surface area contributed by atoms with Gasteiger partial charge < -0.3 is 9.16 Å². The second-order valence-electron chi connectivity index (χ2n) is 14.3. The number of allylic oxidation sites excluding steroid dienone is 2. The minimum absolute atomic E-state index is 0.130. The van der Waals surface area contributed by atoms with E-state index in [-0.39, 0.29) is 16.9 Å². The number of Topliss-reactive ketones (excluding diaryl/α,β-unsaturated/α-hetero) is 1. The van der Waals surface area contributed by atoms with Crippen molar-refractivity contribution in [2.75, 3.05) is 6.61 Å². The fourth-order valence-corrected chi connectivity index (χ4v) is 8.13. The molecule has 1 fully saturated rings. The van der Waals surface area contributed by atoms with Crippen molar-refractivity contribution in [1.29, 1.82) is 0 Å². The lowest BCUT2D eigenvalue weighted by atomic mass is 9.63. The third kappa shape index (κ3) is 6.61. The zero-order valence-corrected chi connectivity index (χ0v) is 28.0. The predicted molar refractivity (Wildman–Crippen MR) is 179 cm³/mol. The van der Waals surface area contributed by atoms with Gasteiger partial charge in [0.25, 0.3) is 0 Å². The Morgan fingerprint density at radius 2 is 1.30 bits per heavy atom. The van der Waals surface area contributed by atoms with Crippen LogP contribution in [0, 0.1) is 23.7 Å². The number of hydrogen-bond donors (Lipinski definition) is 0. The standard InChI is InChI=1S/C39H50O3Si/c1-29(34-24-25-37(40)35-23-22-33(28-36(34)35)42-43(5,6)38(2,3)4)26-27-41-39(30-16-10-7-11-17-30,31-18-12-8-13-19-31)32-20-14-9-15-21-32/h7-21,28-29,34-36H,22-27H2,1-6H3/t29-,34+,35+,36+/m0/s1. The molecule has 0 bridgehead atoms. The Labute approximate surface area is 260 Å². The second kappa shape index (κ2) is 13.0. The van der Waals surface area contributed by atoms with Gasteiger partial charge in [-0.1, -0.05) is 119 Å². The van der Waals surface area contributed by atoms with Crippen molar-refractivity contribution in [3.8, 4) is 0 Å². The van der Waals surface area contributed by atoms with E-state index < -0.39 is 13.9 Å². The summed E-state index contributed by atoms with van der Waals surface area (Å²) >= 11 is 0. The molecule has 228 valence electrons. The molecule has 0 aliphatic heterocycles. The number of fused-ring (bicyclic) bond motifs is 1. The topological polar surface area (TPSA) is 35.5 Å². The van der Waals surface area contributed by atoms with Gasteiger partial charge in [0, 0.05) is 25.4 Å². The number of carbonyl (C=O) groups is 1. The molecule has 0 unspecified atom stereocenters. The van der Waals surface area contributed by atoms with Crippen molar-refractivity contribution in [2.24, 2.45) is 23.7 Å². The molecule has 0 radical (unpaired) electrons. The van der Waals surface area contributed by atoms with E-state index in [2.05, 4.69) is 138 Å². The molecule has 3 nitrogen and oxygen atoms in total. The first-order valence-electron chi connectivity index (χ1n) is 16.3. The summed E-state index contributed by atoms with van der Waals surface area (Å²) in [6.45, 7) is 14.5. The van der Waals surface area contributed by atoms with Gasteiger partial charge in [-0.3, -0.25) is 4.79 Å². The normalized spacial score (nSPS) is 22.0. The molecule has 0 spiro atoms. The lowest BCUT2D eigenvalue weighted by Gasteiger charge is -2.44. The summed E-state index contributed by atoms with van der Waals surface area (Å²) in [6, 6.07) is 31.8. The van der Waals surface area contributed by atoms with Gasteiger partial charge in [0.1, 0.15) is 11.4 Å². The monoisotopic (exact) mass is 594 g/mol. The van der Waals surface area contributed by atoms with Crippen LogP contribution in [-0.4, -0.2) is 20.7 Å². The average molecular weight is 595 g/mol. The van der Waals surface area contributed by atoms with Crippen molar-refractivity contribution in [3.63, 3.8) is 0 Å². The zero-order chi connectivity index (χ0) is 30.7. The zero-order valence-electron chi connectivity index (χ0n) is 27.0. The van der Waals surface area contributed by atoms with Crippen LogP contribution in [0.4, 0.5) is 0 Å². The van der Waals surface area contributed by atoms with Crippen molar-refractivity contribution in [1.82, 2.24) is 0 Å². The summed E-state index contributed by atoms with van der Waals surface area (Å²) in [5.41, 5.74) is 2.69. The Bertz CT molecular complexity index is 1280. The maximum absolute atomic E-state index is 13.1. The van der Waals surface area contributed by atoms with E-state index >= 15 is 0 Å². The summed E-state index contributed by atoms with van der Waals surface area (Å²) in [7, 11) is -1.93. The summed E-state index contributed by atoms with van der Waals surface area (Å²) in [5.74, 6) is 2.84. The van der Waals surface area contributed by atoms with E-state index in [0.717, 1.165) is 48.1 Å². The fourth-order valence-electron chi connectivity index (χ4n) is 7.00. The number of carbonyl (C=O) groups excluding carboxylic acids is 1. The quantitative estimate of drug-likeness (QED) is 0.173. The van der Waals surface area contributed by atoms with E-state index in [0.29, 0.717) is 30.6 Å². The van der Waals surface area contributed by atoms with Crippen molar-refractivity contribution >= 4 is 14.1 Å². The summed E-state index contributed by atoms with van der Waals surface area (Å²) in [4.78, 5) is 13.1. The Hall–Kier alpha value is -2.95. The van der Waals surface area contributed by atoms with Gasteiger partial charge in [-0.25, -0.2) is 0 Å².